The van der Waals surface area contributed by atoms with Crippen molar-refractivity contribution in [3.63, 3.8) is 0 Å². The number of rotatable bonds is 1. The van der Waals surface area contributed by atoms with Gasteiger partial charge in [0.15, 0.2) is 5.79 Å². The quantitative estimate of drug-likeness (QED) is 0.722. The topological polar surface area (TPSA) is 40.2 Å². The van der Waals surface area contributed by atoms with Gasteiger partial charge >= 0.3 is 0 Å². The predicted molar refractivity (Wildman–Crippen MR) is 72.6 cm³/mol. The number of likely N-dealkylation sites (tertiary alicyclic amines) is 1. The van der Waals surface area contributed by atoms with Crippen LogP contribution >= 0.6 is 0 Å². The fourth-order valence-corrected chi connectivity index (χ4v) is 4.19. The summed E-state index contributed by atoms with van der Waals surface area (Å²) in [4.78, 5) is 2.62. The Kier molecular flexibility index (Phi) is 3.51. The van der Waals surface area contributed by atoms with Crippen molar-refractivity contribution >= 4 is 0 Å². The minimum atomic E-state index is -0.254. The van der Waals surface area contributed by atoms with Gasteiger partial charge in [-0.15, -0.1) is 0 Å². The predicted octanol–water partition coefficient (Wildman–Crippen LogP) is 1.16. The molecule has 0 radical (unpaired) electrons. The van der Waals surface area contributed by atoms with Crippen LogP contribution in [0.3, 0.4) is 0 Å². The van der Waals surface area contributed by atoms with Crippen LogP contribution in [-0.4, -0.2) is 68.5 Å². The highest BCUT2D eigenvalue weighted by atomic mass is 16.7. The first kappa shape index (κ1) is 13.5. The van der Waals surface area contributed by atoms with E-state index in [1.54, 1.807) is 0 Å². The van der Waals surface area contributed by atoms with Gasteiger partial charge in [0.1, 0.15) is 0 Å². The third-order valence-electron chi connectivity index (χ3n) is 5.42. The maximum Gasteiger partial charge on any atom is 0.170 e. The molecule has 4 heterocycles. The van der Waals surface area contributed by atoms with E-state index in [9.17, 15) is 0 Å². The Hall–Kier alpha value is -0.200. The van der Waals surface area contributed by atoms with Crippen molar-refractivity contribution in [1.82, 2.24) is 4.90 Å². The molecule has 0 aromatic heterocycles. The van der Waals surface area contributed by atoms with Crippen molar-refractivity contribution in [2.75, 3.05) is 46.1 Å². The van der Waals surface area contributed by atoms with Gasteiger partial charge in [-0.1, -0.05) is 0 Å². The average Bonchev–Trinajstić information content (AvgIpc) is 3.11. The molecule has 0 aromatic rings. The normalized spacial score (nSPS) is 41.7. The third-order valence-corrected chi connectivity index (χ3v) is 5.42. The van der Waals surface area contributed by atoms with Gasteiger partial charge in [-0.25, -0.2) is 0 Å². The monoisotopic (exact) mass is 283 g/mol. The highest BCUT2D eigenvalue weighted by Gasteiger charge is 2.45. The third kappa shape index (κ3) is 2.40. The first-order valence-electron chi connectivity index (χ1n) is 8.03. The molecule has 5 nitrogen and oxygen atoms in total. The molecular weight excluding hydrogens is 258 g/mol. The van der Waals surface area contributed by atoms with Gasteiger partial charge in [-0.3, -0.25) is 4.90 Å². The van der Waals surface area contributed by atoms with Crippen molar-refractivity contribution < 1.29 is 18.9 Å². The Balaban J connectivity index is 1.36. The average molecular weight is 283 g/mol. The van der Waals surface area contributed by atoms with Crippen molar-refractivity contribution in [1.29, 1.82) is 0 Å². The molecular formula is C15H25NO4. The van der Waals surface area contributed by atoms with Crippen LogP contribution in [0.1, 0.15) is 32.1 Å². The number of nitrogens with zero attached hydrogens (tertiary/aromatic N) is 1. The van der Waals surface area contributed by atoms with E-state index in [0.29, 0.717) is 6.04 Å². The summed E-state index contributed by atoms with van der Waals surface area (Å²) >= 11 is 0. The first-order chi connectivity index (χ1) is 9.79. The maximum absolute atomic E-state index is 6.04. The second kappa shape index (κ2) is 5.21. The van der Waals surface area contributed by atoms with E-state index in [4.69, 9.17) is 18.9 Å². The van der Waals surface area contributed by atoms with Gasteiger partial charge in [0.05, 0.1) is 25.4 Å². The number of ether oxygens (including phenoxy) is 4. The Labute approximate surface area is 120 Å². The molecule has 0 aromatic carbocycles. The summed E-state index contributed by atoms with van der Waals surface area (Å²) < 4.78 is 23.2. The Bertz CT molecular complexity index is 340. The molecule has 2 atom stereocenters. The minimum absolute atomic E-state index is 0.0123. The smallest absolute Gasteiger partial charge is 0.170 e. The van der Waals surface area contributed by atoms with E-state index < -0.39 is 0 Å². The molecule has 4 aliphatic rings. The minimum Gasteiger partial charge on any atom is -0.378 e. The molecule has 4 rings (SSSR count). The lowest BCUT2D eigenvalue weighted by Crippen LogP contribution is -2.54. The van der Waals surface area contributed by atoms with E-state index >= 15 is 0 Å². The zero-order chi connectivity index (χ0) is 13.5. The zero-order valence-corrected chi connectivity index (χ0v) is 12.1. The molecule has 2 spiro atoms. The Morgan fingerprint density at radius 1 is 0.850 bits per heavy atom. The maximum atomic E-state index is 6.04. The van der Waals surface area contributed by atoms with E-state index in [-0.39, 0.29) is 11.4 Å². The largest absolute Gasteiger partial charge is 0.378 e. The highest BCUT2D eigenvalue weighted by Crippen LogP contribution is 2.38. The van der Waals surface area contributed by atoms with Gasteiger partial charge in [-0.2, -0.15) is 0 Å². The molecule has 0 bridgehead atoms. The van der Waals surface area contributed by atoms with Crippen LogP contribution in [0.4, 0.5) is 0 Å². The second-order valence-electron chi connectivity index (χ2n) is 6.62. The first-order valence-corrected chi connectivity index (χ1v) is 8.03. The van der Waals surface area contributed by atoms with Crippen molar-refractivity contribution in [2.24, 2.45) is 0 Å². The molecule has 114 valence electrons. The second-order valence-corrected chi connectivity index (χ2v) is 6.62. The fourth-order valence-electron chi connectivity index (χ4n) is 4.19. The molecule has 5 heteroatoms. The summed E-state index contributed by atoms with van der Waals surface area (Å²) in [5, 5.41) is 0. The summed E-state index contributed by atoms with van der Waals surface area (Å²) in [5.74, 6) is -0.254. The van der Waals surface area contributed by atoms with Gasteiger partial charge in [-0.05, 0) is 12.8 Å². The Morgan fingerprint density at radius 3 is 2.35 bits per heavy atom. The van der Waals surface area contributed by atoms with Crippen LogP contribution in [-0.2, 0) is 18.9 Å². The van der Waals surface area contributed by atoms with Crippen molar-refractivity contribution in [3.05, 3.63) is 0 Å². The molecule has 4 saturated heterocycles. The van der Waals surface area contributed by atoms with Crippen LogP contribution in [0.5, 0.6) is 0 Å². The van der Waals surface area contributed by atoms with Crippen LogP contribution in [0.2, 0.25) is 0 Å². The molecule has 0 saturated carbocycles. The van der Waals surface area contributed by atoms with E-state index in [1.807, 2.05) is 0 Å². The van der Waals surface area contributed by atoms with Crippen molar-refractivity contribution in [2.45, 2.75) is 49.5 Å². The molecule has 0 aliphatic carbocycles. The number of piperidine rings is 1. The molecule has 20 heavy (non-hydrogen) atoms. The molecule has 4 fully saturated rings. The van der Waals surface area contributed by atoms with Crippen LogP contribution in [0, 0.1) is 0 Å². The van der Waals surface area contributed by atoms with Gasteiger partial charge in [0, 0.05) is 51.6 Å². The lowest BCUT2D eigenvalue weighted by molar-refractivity contribution is -0.193. The standard InChI is InChI=1S/C15H25NO4/c1-7-18-14(4-8-17-12-14)11-13(1)16-5-2-15(3-6-16)19-9-10-20-15/h13H,1-12H2. The summed E-state index contributed by atoms with van der Waals surface area (Å²) in [6.45, 7) is 6.21. The van der Waals surface area contributed by atoms with E-state index in [1.165, 1.54) is 0 Å². The lowest BCUT2D eigenvalue weighted by Gasteiger charge is -2.46. The summed E-state index contributed by atoms with van der Waals surface area (Å²) in [6.07, 6.45) is 5.35. The number of hydrogen-bond acceptors (Lipinski definition) is 5. The lowest BCUT2D eigenvalue weighted by atomic mass is 9.87. The van der Waals surface area contributed by atoms with Crippen LogP contribution in [0.15, 0.2) is 0 Å². The summed E-state index contributed by atoms with van der Waals surface area (Å²) in [7, 11) is 0. The highest BCUT2D eigenvalue weighted by molar-refractivity contribution is 4.95. The molecule has 4 aliphatic heterocycles. The van der Waals surface area contributed by atoms with Crippen molar-refractivity contribution in [3.8, 4) is 0 Å². The summed E-state index contributed by atoms with van der Waals surface area (Å²) in [6, 6.07) is 0.643. The van der Waals surface area contributed by atoms with Crippen LogP contribution < -0.4 is 0 Å². The van der Waals surface area contributed by atoms with Gasteiger partial charge < -0.3 is 18.9 Å². The fraction of sp³-hybridized carbons (Fsp3) is 1.00. The van der Waals surface area contributed by atoms with E-state index in [0.717, 1.165) is 78.2 Å². The zero-order valence-electron chi connectivity index (χ0n) is 12.1. The Morgan fingerprint density at radius 2 is 1.65 bits per heavy atom. The number of hydrogen-bond donors (Lipinski definition) is 0. The SMILES string of the molecule is C1CC2(CO1)CC(N1CCC3(CC1)OCCO3)CCO2. The summed E-state index contributed by atoms with van der Waals surface area (Å²) in [5.41, 5.74) is 0.0123. The van der Waals surface area contributed by atoms with Gasteiger partial charge in [0.2, 0.25) is 0 Å². The molecule has 0 amide bonds. The molecule has 2 unspecified atom stereocenters. The van der Waals surface area contributed by atoms with E-state index in [2.05, 4.69) is 4.90 Å². The van der Waals surface area contributed by atoms with Gasteiger partial charge in [0.25, 0.3) is 0 Å². The van der Waals surface area contributed by atoms with Crippen LogP contribution in [0.25, 0.3) is 0 Å². The molecule has 0 N–H and O–H groups in total.